The van der Waals surface area contributed by atoms with E-state index in [2.05, 4.69) is 10.4 Å². The highest BCUT2D eigenvalue weighted by Crippen LogP contribution is 2.36. The summed E-state index contributed by atoms with van der Waals surface area (Å²) in [5.74, 6) is -1.45. The van der Waals surface area contributed by atoms with Gasteiger partial charge in [-0.05, 0) is 80.2 Å². The number of amides is 1. The van der Waals surface area contributed by atoms with E-state index in [-0.39, 0.29) is 16.2 Å². The first-order valence-electron chi connectivity index (χ1n) is 9.81. The summed E-state index contributed by atoms with van der Waals surface area (Å²) in [5.41, 5.74) is 4.64. The van der Waals surface area contributed by atoms with Crippen LogP contribution in [0.15, 0.2) is 20.0 Å². The number of thiophene rings is 1. The third-order valence-corrected chi connectivity index (χ3v) is 8.73. The van der Waals surface area contributed by atoms with Crippen LogP contribution in [0.25, 0.3) is 0 Å². The van der Waals surface area contributed by atoms with Crippen LogP contribution in [0, 0.1) is 5.82 Å². The van der Waals surface area contributed by atoms with E-state index in [1.54, 1.807) is 0 Å². The average molecular weight is 437 g/mol. The van der Waals surface area contributed by atoms with E-state index < -0.39 is 27.2 Å². The Kier molecular flexibility index (Phi) is 5.17. The molecule has 3 N–H and O–H groups in total. The summed E-state index contributed by atoms with van der Waals surface area (Å²) in [7, 11) is -3.72. The van der Waals surface area contributed by atoms with Crippen molar-refractivity contribution in [3.63, 3.8) is 0 Å². The number of benzene rings is 1. The first-order chi connectivity index (χ1) is 13.6. The molecular formula is C21H25FN2O3S2. The van der Waals surface area contributed by atoms with Crippen molar-refractivity contribution in [3.05, 3.63) is 50.6 Å². The zero-order chi connectivity index (χ0) is 21.0. The maximum Gasteiger partial charge on any atom is 0.259 e. The Hall–Kier alpha value is -1.61. The van der Waals surface area contributed by atoms with Crippen LogP contribution < -0.4 is 5.14 Å². The van der Waals surface area contributed by atoms with Gasteiger partial charge >= 0.3 is 0 Å². The van der Waals surface area contributed by atoms with Gasteiger partial charge in [-0.3, -0.25) is 4.79 Å². The first kappa shape index (κ1) is 20.7. The van der Waals surface area contributed by atoms with Gasteiger partial charge in [0.1, 0.15) is 0 Å². The highest BCUT2D eigenvalue weighted by atomic mass is 32.2. The molecule has 0 radical (unpaired) electrons. The molecule has 2 aliphatic rings. The molecule has 8 heteroatoms. The maximum atomic E-state index is 14.7. The Bertz CT molecular complexity index is 1090. The monoisotopic (exact) mass is 436 g/mol. The predicted octanol–water partition coefficient (Wildman–Crippen LogP) is 3.56. The zero-order valence-corrected chi connectivity index (χ0v) is 18.2. The molecule has 2 aromatic rings. The van der Waals surface area contributed by atoms with Gasteiger partial charge in [0.05, 0.1) is 12.0 Å². The number of hydrogen-bond donors (Lipinski definition) is 2. The van der Waals surface area contributed by atoms with Gasteiger partial charge in [-0.2, -0.15) is 0 Å². The molecule has 2 aliphatic carbocycles. The lowest BCUT2D eigenvalue weighted by Crippen LogP contribution is -2.19. The van der Waals surface area contributed by atoms with Crippen LogP contribution in [0.2, 0.25) is 0 Å². The van der Waals surface area contributed by atoms with Gasteiger partial charge in [0.25, 0.3) is 5.91 Å². The van der Waals surface area contributed by atoms with Crippen molar-refractivity contribution in [1.82, 2.24) is 0 Å². The van der Waals surface area contributed by atoms with Crippen molar-refractivity contribution < 1.29 is 18.5 Å². The second-order valence-corrected chi connectivity index (χ2v) is 11.2. The number of fused-ring (bicyclic) bond motifs is 2. The molecular weight excluding hydrogens is 411 g/mol. The summed E-state index contributed by atoms with van der Waals surface area (Å²) in [5, 5.41) is 17.2. The third kappa shape index (κ3) is 3.79. The normalized spacial score (nSPS) is 17.7. The fraction of sp³-hybridized carbons (Fsp3) is 0.476. The number of nitrogens with zero attached hydrogens (tertiary/aromatic N) is 1. The molecule has 5 nitrogen and oxygen atoms in total. The Labute approximate surface area is 174 Å². The van der Waals surface area contributed by atoms with Crippen molar-refractivity contribution in [1.29, 1.82) is 0 Å². The largest absolute Gasteiger partial charge is 0.386 e. The highest BCUT2D eigenvalue weighted by molar-refractivity contribution is 7.93. The molecule has 0 fully saturated rings. The van der Waals surface area contributed by atoms with E-state index in [0.29, 0.717) is 0 Å². The smallest absolute Gasteiger partial charge is 0.259 e. The second kappa shape index (κ2) is 7.27. The van der Waals surface area contributed by atoms with Crippen molar-refractivity contribution >= 4 is 27.2 Å². The molecule has 29 heavy (non-hydrogen) atoms. The Morgan fingerprint density at radius 1 is 1.24 bits per heavy atom. The molecule has 1 amide bonds. The van der Waals surface area contributed by atoms with Gasteiger partial charge in [0.2, 0.25) is 0 Å². The molecule has 0 aliphatic heterocycles. The molecule has 0 saturated heterocycles. The number of aryl methyl sites for hydroxylation is 2. The van der Waals surface area contributed by atoms with E-state index in [9.17, 15) is 18.5 Å². The summed E-state index contributed by atoms with van der Waals surface area (Å²) in [6.07, 6.45) is 6.12. The summed E-state index contributed by atoms with van der Waals surface area (Å²) in [4.78, 5) is 12.7. The van der Waals surface area contributed by atoms with Crippen LogP contribution in [0.3, 0.4) is 0 Å². The van der Waals surface area contributed by atoms with Crippen LogP contribution in [0.5, 0.6) is 0 Å². The molecule has 0 spiro atoms. The maximum absolute atomic E-state index is 14.7. The molecule has 156 valence electrons. The van der Waals surface area contributed by atoms with E-state index in [0.717, 1.165) is 55.4 Å². The minimum Gasteiger partial charge on any atom is -0.386 e. The lowest BCUT2D eigenvalue weighted by Gasteiger charge is -2.15. The average Bonchev–Trinajstić information content (AvgIpc) is 3.31. The lowest BCUT2D eigenvalue weighted by molar-refractivity contribution is -0.117. The van der Waals surface area contributed by atoms with Crippen LogP contribution in [-0.4, -0.2) is 15.2 Å². The molecule has 1 unspecified atom stereocenters. The van der Waals surface area contributed by atoms with Gasteiger partial charge in [-0.15, -0.1) is 15.7 Å². The number of nitrogens with two attached hydrogens (primary N) is 1. The predicted molar refractivity (Wildman–Crippen MR) is 112 cm³/mol. The van der Waals surface area contributed by atoms with E-state index in [1.807, 2.05) is 0 Å². The fourth-order valence-electron chi connectivity index (χ4n) is 4.46. The Balaban J connectivity index is 1.68. The van der Waals surface area contributed by atoms with Gasteiger partial charge in [0, 0.05) is 10.9 Å². The standard InChI is InChI=1S/C21H25FN2O3S2/c1-21(2,26)17-11-28-20(19(17)22)29(23,27)24-18(25)10-16-14-7-3-5-12(14)9-13-6-4-8-15(13)16/h9,11,26H,3-8,10H2,1-2H3,(H2,23,24,25,27). The van der Waals surface area contributed by atoms with Gasteiger partial charge in [0.15, 0.2) is 19.9 Å². The lowest BCUT2D eigenvalue weighted by atomic mass is 9.92. The SMILES string of the molecule is CC(C)(O)c1csc(S(N)(=O)=NC(=O)Cc2c3c(cc4c2CCC4)CCC3)c1F. The van der Waals surface area contributed by atoms with Crippen LogP contribution in [0.1, 0.15) is 60.1 Å². The molecule has 1 heterocycles. The minimum absolute atomic E-state index is 0.00276. The van der Waals surface area contributed by atoms with Gasteiger partial charge < -0.3 is 5.11 Å². The van der Waals surface area contributed by atoms with Crippen molar-refractivity contribution in [2.24, 2.45) is 9.50 Å². The quantitative estimate of drug-likeness (QED) is 0.767. The van der Waals surface area contributed by atoms with Crippen molar-refractivity contribution in [2.75, 3.05) is 0 Å². The molecule has 1 atom stereocenters. The Morgan fingerprint density at radius 2 is 1.83 bits per heavy atom. The number of carbonyl (C=O) groups is 1. The third-order valence-electron chi connectivity index (χ3n) is 5.79. The van der Waals surface area contributed by atoms with Crippen LogP contribution in [-0.2, 0) is 52.4 Å². The number of aliphatic hydroxyl groups is 1. The summed E-state index contributed by atoms with van der Waals surface area (Å²) >= 11 is 0.817. The highest BCUT2D eigenvalue weighted by Gasteiger charge is 2.29. The van der Waals surface area contributed by atoms with E-state index in [4.69, 9.17) is 5.14 Å². The molecule has 1 aromatic heterocycles. The molecule has 1 aromatic carbocycles. The zero-order valence-electron chi connectivity index (χ0n) is 16.6. The Morgan fingerprint density at radius 3 is 2.34 bits per heavy atom. The number of halogens is 1. The molecule has 0 saturated carbocycles. The van der Waals surface area contributed by atoms with Crippen molar-refractivity contribution in [3.8, 4) is 0 Å². The number of hydrogen-bond acceptors (Lipinski definition) is 4. The van der Waals surface area contributed by atoms with Gasteiger partial charge in [-0.1, -0.05) is 6.07 Å². The van der Waals surface area contributed by atoms with E-state index >= 15 is 0 Å². The first-order valence-corrected chi connectivity index (χ1v) is 12.3. The molecule has 0 bridgehead atoms. The summed E-state index contributed by atoms with van der Waals surface area (Å²) in [6.45, 7) is 2.86. The fourth-order valence-corrected chi connectivity index (χ4v) is 6.91. The van der Waals surface area contributed by atoms with Crippen LogP contribution >= 0.6 is 11.3 Å². The topological polar surface area (TPSA) is 92.8 Å². The van der Waals surface area contributed by atoms with Crippen LogP contribution in [0.4, 0.5) is 4.39 Å². The number of rotatable bonds is 4. The molecule has 4 rings (SSSR count). The summed E-state index contributed by atoms with van der Waals surface area (Å²) < 4.78 is 31.0. The van der Waals surface area contributed by atoms with Crippen molar-refractivity contribution in [2.45, 2.75) is 68.6 Å². The van der Waals surface area contributed by atoms with E-state index in [1.165, 1.54) is 41.5 Å². The number of carbonyl (C=O) groups excluding carboxylic acids is 1. The van der Waals surface area contributed by atoms with Gasteiger partial charge in [-0.25, -0.2) is 13.7 Å². The summed E-state index contributed by atoms with van der Waals surface area (Å²) in [6, 6.07) is 2.28. The minimum atomic E-state index is -3.72. The second-order valence-electron chi connectivity index (χ2n) is 8.38.